The molecule has 4 rings (SSSR count). The molecule has 1 fully saturated rings. The molecule has 1 aliphatic heterocycles. The van der Waals surface area contributed by atoms with Crippen molar-refractivity contribution >= 4 is 5.91 Å². The highest BCUT2D eigenvalue weighted by Crippen LogP contribution is 2.26. The Bertz CT molecular complexity index is 928. The first-order valence-corrected chi connectivity index (χ1v) is 9.46. The highest BCUT2D eigenvalue weighted by Gasteiger charge is 2.28. The lowest BCUT2D eigenvalue weighted by Crippen LogP contribution is -2.40. The first-order valence-electron chi connectivity index (χ1n) is 9.46. The van der Waals surface area contributed by atoms with Crippen LogP contribution in [0.2, 0.25) is 0 Å². The molecular weight excluding hydrogens is 360 g/mol. The van der Waals surface area contributed by atoms with Crippen LogP contribution in [-0.4, -0.2) is 68.4 Å². The molecule has 148 valence electrons. The second kappa shape index (κ2) is 7.87. The molecule has 11 heteroatoms. The fraction of sp³-hybridized carbons (Fsp3) is 0.588. The summed E-state index contributed by atoms with van der Waals surface area (Å²) in [7, 11) is 1.99. The van der Waals surface area contributed by atoms with Gasteiger partial charge in [-0.1, -0.05) is 0 Å². The molecule has 1 saturated heterocycles. The number of aryl methyl sites for hydroxylation is 2. The average molecular weight is 384 g/mol. The zero-order chi connectivity index (χ0) is 19.5. The van der Waals surface area contributed by atoms with E-state index in [9.17, 15) is 4.79 Å². The van der Waals surface area contributed by atoms with Gasteiger partial charge in [0.25, 0.3) is 0 Å². The number of nitrogens with zero attached hydrogens (tertiary/aromatic N) is 10. The van der Waals surface area contributed by atoms with E-state index in [2.05, 4.69) is 30.7 Å². The maximum Gasteiger partial charge on any atom is 0.224 e. The van der Waals surface area contributed by atoms with Crippen LogP contribution in [0.15, 0.2) is 18.7 Å². The fourth-order valence-electron chi connectivity index (χ4n) is 3.64. The number of hydrogen-bond donors (Lipinski definition) is 0. The summed E-state index contributed by atoms with van der Waals surface area (Å²) in [6, 6.07) is 0. The summed E-state index contributed by atoms with van der Waals surface area (Å²) in [4.78, 5) is 18.7. The Labute approximate surface area is 162 Å². The molecule has 0 N–H and O–H groups in total. The zero-order valence-corrected chi connectivity index (χ0v) is 16.1. The number of hydrogen-bond acceptors (Lipinski definition) is 7. The van der Waals surface area contributed by atoms with Crippen LogP contribution in [0.4, 0.5) is 0 Å². The minimum Gasteiger partial charge on any atom is -0.342 e. The molecule has 4 heterocycles. The van der Waals surface area contributed by atoms with Crippen molar-refractivity contribution in [3.63, 3.8) is 0 Å². The van der Waals surface area contributed by atoms with Crippen LogP contribution in [-0.2, 0) is 24.9 Å². The van der Waals surface area contributed by atoms with Gasteiger partial charge in [0.05, 0.1) is 19.4 Å². The van der Waals surface area contributed by atoms with Crippen molar-refractivity contribution in [2.75, 3.05) is 13.1 Å². The number of rotatable bonds is 6. The van der Waals surface area contributed by atoms with Crippen LogP contribution >= 0.6 is 0 Å². The molecule has 1 aliphatic rings. The summed E-state index contributed by atoms with van der Waals surface area (Å²) in [5.74, 6) is 2.85. The Kier molecular flexibility index (Phi) is 5.13. The molecule has 0 spiro atoms. The smallest absolute Gasteiger partial charge is 0.224 e. The van der Waals surface area contributed by atoms with Crippen molar-refractivity contribution in [2.45, 2.75) is 45.2 Å². The van der Waals surface area contributed by atoms with Gasteiger partial charge in [-0.25, -0.2) is 9.67 Å². The highest BCUT2D eigenvalue weighted by atomic mass is 16.2. The summed E-state index contributed by atoms with van der Waals surface area (Å²) in [6.45, 7) is 4.41. The number of aromatic nitrogens is 9. The Morgan fingerprint density at radius 1 is 1.29 bits per heavy atom. The monoisotopic (exact) mass is 384 g/mol. The van der Waals surface area contributed by atoms with Crippen LogP contribution < -0.4 is 0 Å². The Hall–Kier alpha value is -3.11. The lowest BCUT2D eigenvalue weighted by atomic mass is 9.97. The molecule has 0 aliphatic carbocycles. The third-order valence-electron chi connectivity index (χ3n) is 5.27. The van der Waals surface area contributed by atoms with Crippen molar-refractivity contribution in [1.82, 2.24) is 49.4 Å². The van der Waals surface area contributed by atoms with Gasteiger partial charge in [-0.05, 0) is 30.2 Å². The standard InChI is InChI=1S/C17H24N10O/c1-13-19-22-23-27(13)8-5-16(28)26-7-3-4-14(10-26)17-21-20-15(24(17)2)11-25-9-6-18-12-25/h6,9,12,14H,3-5,7-8,10-11H2,1-2H3. The van der Waals surface area contributed by atoms with E-state index in [0.717, 1.165) is 31.0 Å². The molecule has 1 unspecified atom stereocenters. The van der Waals surface area contributed by atoms with Gasteiger partial charge in [0.1, 0.15) is 11.6 Å². The van der Waals surface area contributed by atoms with E-state index < -0.39 is 0 Å². The Morgan fingerprint density at radius 3 is 2.93 bits per heavy atom. The van der Waals surface area contributed by atoms with E-state index in [-0.39, 0.29) is 11.8 Å². The number of imidazole rings is 1. The summed E-state index contributed by atoms with van der Waals surface area (Å²) in [5.41, 5.74) is 0. The Balaban J connectivity index is 1.39. The van der Waals surface area contributed by atoms with Crippen molar-refractivity contribution < 1.29 is 4.79 Å². The SMILES string of the molecule is Cc1nnnn1CCC(=O)N1CCCC(c2nnc(Cn3ccnc3)n2C)C1. The number of carbonyl (C=O) groups is 1. The van der Waals surface area contributed by atoms with Gasteiger partial charge in [0.2, 0.25) is 5.91 Å². The molecule has 1 atom stereocenters. The van der Waals surface area contributed by atoms with E-state index in [4.69, 9.17) is 0 Å². The van der Waals surface area contributed by atoms with Gasteiger partial charge < -0.3 is 14.0 Å². The van der Waals surface area contributed by atoms with Gasteiger partial charge in [-0.3, -0.25) is 4.79 Å². The number of piperidine rings is 1. The third-order valence-corrected chi connectivity index (χ3v) is 5.27. The first-order chi connectivity index (χ1) is 13.6. The Morgan fingerprint density at radius 2 is 2.18 bits per heavy atom. The summed E-state index contributed by atoms with van der Waals surface area (Å²) >= 11 is 0. The number of carbonyl (C=O) groups excluding carboxylic acids is 1. The normalized spacial score (nSPS) is 17.2. The van der Waals surface area contributed by atoms with Crippen LogP contribution in [0.5, 0.6) is 0 Å². The van der Waals surface area contributed by atoms with Crippen molar-refractivity contribution in [3.05, 3.63) is 36.2 Å². The zero-order valence-electron chi connectivity index (χ0n) is 16.1. The van der Waals surface area contributed by atoms with Crippen molar-refractivity contribution in [1.29, 1.82) is 0 Å². The average Bonchev–Trinajstić information content (AvgIpc) is 3.44. The molecule has 1 amide bonds. The van der Waals surface area contributed by atoms with Crippen molar-refractivity contribution in [3.8, 4) is 0 Å². The summed E-state index contributed by atoms with van der Waals surface area (Å²) in [5, 5.41) is 20.1. The molecular formula is C17H24N10O. The molecule has 0 aromatic carbocycles. The van der Waals surface area contributed by atoms with Gasteiger partial charge in [0, 0.05) is 44.9 Å². The molecule has 11 nitrogen and oxygen atoms in total. The van der Waals surface area contributed by atoms with Crippen LogP contribution in [0.25, 0.3) is 0 Å². The number of tetrazole rings is 1. The lowest BCUT2D eigenvalue weighted by molar-refractivity contribution is -0.132. The predicted octanol–water partition coefficient (Wildman–Crippen LogP) is 0.151. The number of likely N-dealkylation sites (tertiary alicyclic amines) is 1. The summed E-state index contributed by atoms with van der Waals surface area (Å²) < 4.78 is 5.67. The minimum absolute atomic E-state index is 0.125. The second-order valence-electron chi connectivity index (χ2n) is 7.15. The van der Waals surface area contributed by atoms with E-state index in [1.807, 2.05) is 34.2 Å². The summed E-state index contributed by atoms with van der Waals surface area (Å²) in [6.07, 6.45) is 7.78. The van der Waals surface area contributed by atoms with Gasteiger partial charge >= 0.3 is 0 Å². The van der Waals surface area contributed by atoms with Crippen LogP contribution in [0, 0.1) is 6.92 Å². The maximum absolute atomic E-state index is 12.7. The fourth-order valence-corrected chi connectivity index (χ4v) is 3.64. The quantitative estimate of drug-likeness (QED) is 0.594. The van der Waals surface area contributed by atoms with Crippen LogP contribution in [0.1, 0.15) is 42.7 Å². The van der Waals surface area contributed by atoms with Crippen LogP contribution in [0.3, 0.4) is 0 Å². The number of amides is 1. The predicted molar refractivity (Wildman–Crippen MR) is 98.1 cm³/mol. The molecule has 0 saturated carbocycles. The molecule has 0 radical (unpaired) electrons. The largest absolute Gasteiger partial charge is 0.342 e. The topological polar surface area (TPSA) is 112 Å². The maximum atomic E-state index is 12.7. The second-order valence-corrected chi connectivity index (χ2v) is 7.15. The molecule has 28 heavy (non-hydrogen) atoms. The minimum atomic E-state index is 0.125. The molecule has 3 aromatic rings. The first kappa shape index (κ1) is 18.3. The lowest BCUT2D eigenvalue weighted by Gasteiger charge is -2.32. The van der Waals surface area contributed by atoms with Gasteiger partial charge in [0.15, 0.2) is 5.82 Å². The highest BCUT2D eigenvalue weighted by molar-refractivity contribution is 5.76. The van der Waals surface area contributed by atoms with Gasteiger partial charge in [-0.15, -0.1) is 15.3 Å². The molecule has 0 bridgehead atoms. The third kappa shape index (κ3) is 3.78. The van der Waals surface area contributed by atoms with E-state index in [0.29, 0.717) is 31.9 Å². The molecule has 3 aromatic heterocycles. The van der Waals surface area contributed by atoms with E-state index in [1.165, 1.54) is 0 Å². The van der Waals surface area contributed by atoms with Gasteiger partial charge in [-0.2, -0.15) is 0 Å². The van der Waals surface area contributed by atoms with Crippen molar-refractivity contribution in [2.24, 2.45) is 7.05 Å². The van der Waals surface area contributed by atoms with E-state index >= 15 is 0 Å². The van der Waals surface area contributed by atoms with E-state index in [1.54, 1.807) is 17.2 Å².